The zero-order chi connectivity index (χ0) is 13.9. The summed E-state index contributed by atoms with van der Waals surface area (Å²) in [7, 11) is 3.87. The molecule has 0 aliphatic heterocycles. The Balaban J connectivity index is 1.98. The molecule has 0 bridgehead atoms. The highest BCUT2D eigenvalue weighted by molar-refractivity contribution is 5.46. The van der Waals surface area contributed by atoms with E-state index >= 15 is 0 Å². The molecule has 1 aromatic carbocycles. The molecule has 0 radical (unpaired) electrons. The fraction of sp³-hybridized carbons (Fsp3) is 0.600. The van der Waals surface area contributed by atoms with Gasteiger partial charge in [0.2, 0.25) is 0 Å². The van der Waals surface area contributed by atoms with Crippen LogP contribution in [0.1, 0.15) is 25.7 Å². The predicted molar refractivity (Wildman–Crippen MR) is 75.9 cm³/mol. The van der Waals surface area contributed by atoms with Crippen LogP contribution in [0.5, 0.6) is 0 Å². The highest BCUT2D eigenvalue weighted by Crippen LogP contribution is 2.32. The summed E-state index contributed by atoms with van der Waals surface area (Å²) >= 11 is 0. The molecule has 1 aromatic rings. The molecule has 1 fully saturated rings. The number of anilines is 1. The monoisotopic (exact) mass is 266 g/mol. The van der Waals surface area contributed by atoms with Gasteiger partial charge < -0.3 is 15.3 Å². The van der Waals surface area contributed by atoms with Crippen molar-refractivity contribution in [1.82, 2.24) is 5.32 Å². The van der Waals surface area contributed by atoms with Crippen molar-refractivity contribution in [3.05, 3.63) is 30.1 Å². The lowest BCUT2D eigenvalue weighted by Gasteiger charge is -2.40. The van der Waals surface area contributed by atoms with Crippen LogP contribution in [-0.4, -0.2) is 37.4 Å². The van der Waals surface area contributed by atoms with Gasteiger partial charge in [-0.3, -0.25) is 0 Å². The second-order valence-electron chi connectivity index (χ2n) is 5.58. The number of halogens is 1. The lowest BCUT2D eigenvalue weighted by molar-refractivity contribution is 0.00199. The molecule has 0 aromatic heterocycles. The van der Waals surface area contributed by atoms with E-state index in [-0.39, 0.29) is 5.82 Å². The largest absolute Gasteiger partial charge is 0.389 e. The Hall–Kier alpha value is -1.13. The Morgan fingerprint density at radius 3 is 2.68 bits per heavy atom. The van der Waals surface area contributed by atoms with Gasteiger partial charge in [-0.25, -0.2) is 4.39 Å². The Morgan fingerprint density at radius 2 is 2.11 bits per heavy atom. The summed E-state index contributed by atoms with van der Waals surface area (Å²) in [6, 6.07) is 7.07. The first kappa shape index (κ1) is 14.3. The molecule has 1 aliphatic rings. The highest BCUT2D eigenvalue weighted by atomic mass is 19.1. The van der Waals surface area contributed by atoms with Crippen LogP contribution in [0, 0.1) is 5.82 Å². The molecule has 0 atom stereocenters. The molecule has 1 aliphatic carbocycles. The van der Waals surface area contributed by atoms with Gasteiger partial charge in [0.15, 0.2) is 0 Å². The summed E-state index contributed by atoms with van der Waals surface area (Å²) in [5.41, 5.74) is 0.331. The van der Waals surface area contributed by atoms with Crippen molar-refractivity contribution < 1.29 is 9.50 Å². The lowest BCUT2D eigenvalue weighted by atomic mass is 9.81. The van der Waals surface area contributed by atoms with Crippen molar-refractivity contribution in [2.75, 3.05) is 25.5 Å². The minimum absolute atomic E-state index is 0.202. The third-order valence-corrected chi connectivity index (χ3v) is 4.15. The average Bonchev–Trinajstić information content (AvgIpc) is 2.39. The van der Waals surface area contributed by atoms with Gasteiger partial charge in [0, 0.05) is 25.3 Å². The van der Waals surface area contributed by atoms with Gasteiger partial charge in [-0.2, -0.15) is 0 Å². The number of benzene rings is 1. The summed E-state index contributed by atoms with van der Waals surface area (Å²) < 4.78 is 13.2. The fourth-order valence-electron chi connectivity index (χ4n) is 2.94. The smallest absolute Gasteiger partial charge is 0.125 e. The number of aliphatic hydroxyl groups is 1. The number of likely N-dealkylation sites (N-methyl/N-ethyl adjacent to an activating group) is 1. The molecular formula is C15H23FN2O. The zero-order valence-corrected chi connectivity index (χ0v) is 11.7. The zero-order valence-electron chi connectivity index (χ0n) is 11.7. The summed E-state index contributed by atoms with van der Waals surface area (Å²) in [4.78, 5) is 2.13. The second-order valence-corrected chi connectivity index (χ2v) is 5.58. The second kappa shape index (κ2) is 5.88. The number of rotatable bonds is 4. The summed E-state index contributed by atoms with van der Waals surface area (Å²) in [6.07, 6.45) is 3.45. The van der Waals surface area contributed by atoms with E-state index < -0.39 is 5.60 Å². The van der Waals surface area contributed by atoms with Gasteiger partial charge >= 0.3 is 0 Å². The highest BCUT2D eigenvalue weighted by Gasteiger charge is 2.33. The van der Waals surface area contributed by atoms with Crippen molar-refractivity contribution in [2.45, 2.75) is 37.3 Å². The van der Waals surface area contributed by atoms with E-state index in [2.05, 4.69) is 10.2 Å². The van der Waals surface area contributed by atoms with E-state index in [1.165, 1.54) is 6.07 Å². The Kier molecular flexibility index (Phi) is 4.42. The number of hydrogen-bond acceptors (Lipinski definition) is 3. The molecular weight excluding hydrogens is 243 g/mol. The van der Waals surface area contributed by atoms with Crippen molar-refractivity contribution in [3.63, 3.8) is 0 Å². The Bertz CT molecular complexity index is 416. The maximum atomic E-state index is 13.2. The molecule has 0 amide bonds. The third kappa shape index (κ3) is 3.45. The Labute approximate surface area is 114 Å². The van der Waals surface area contributed by atoms with Crippen molar-refractivity contribution in [2.24, 2.45) is 0 Å². The van der Waals surface area contributed by atoms with Gasteiger partial charge in [-0.1, -0.05) is 6.07 Å². The SMILES string of the molecule is CNCC1(O)CCC(N(C)c2cccc(F)c2)CC1. The first-order chi connectivity index (χ1) is 9.04. The normalized spacial score (nSPS) is 27.3. The molecule has 2 N–H and O–H groups in total. The van der Waals surface area contributed by atoms with Gasteiger partial charge in [-0.05, 0) is 50.9 Å². The molecule has 0 spiro atoms. The Morgan fingerprint density at radius 1 is 1.42 bits per heavy atom. The first-order valence-corrected chi connectivity index (χ1v) is 6.89. The molecule has 2 rings (SSSR count). The van der Waals surface area contributed by atoms with Crippen LogP contribution < -0.4 is 10.2 Å². The summed E-state index contributed by atoms with van der Waals surface area (Å²) in [5.74, 6) is -0.202. The lowest BCUT2D eigenvalue weighted by Crippen LogP contribution is -2.47. The van der Waals surface area contributed by atoms with Crippen LogP contribution in [0.2, 0.25) is 0 Å². The van der Waals surface area contributed by atoms with Gasteiger partial charge in [-0.15, -0.1) is 0 Å². The van der Waals surface area contributed by atoms with Crippen LogP contribution in [-0.2, 0) is 0 Å². The topological polar surface area (TPSA) is 35.5 Å². The summed E-state index contributed by atoms with van der Waals surface area (Å²) in [5, 5.41) is 13.4. The van der Waals surface area contributed by atoms with Gasteiger partial charge in [0.05, 0.1) is 5.60 Å². The van der Waals surface area contributed by atoms with E-state index in [0.717, 1.165) is 31.4 Å². The standard InChI is InChI=1S/C15H23FN2O/c1-17-11-15(19)8-6-13(7-9-15)18(2)14-5-3-4-12(16)10-14/h3-5,10,13,17,19H,6-9,11H2,1-2H3. The quantitative estimate of drug-likeness (QED) is 0.876. The van der Waals surface area contributed by atoms with Crippen molar-refractivity contribution in [3.8, 4) is 0 Å². The fourth-order valence-corrected chi connectivity index (χ4v) is 2.94. The molecule has 0 saturated heterocycles. The molecule has 19 heavy (non-hydrogen) atoms. The van der Waals surface area contributed by atoms with E-state index in [9.17, 15) is 9.50 Å². The molecule has 4 heteroatoms. The molecule has 3 nitrogen and oxygen atoms in total. The van der Waals surface area contributed by atoms with E-state index in [1.54, 1.807) is 12.1 Å². The van der Waals surface area contributed by atoms with Gasteiger partial charge in [0.25, 0.3) is 0 Å². The van der Waals surface area contributed by atoms with Crippen molar-refractivity contribution >= 4 is 5.69 Å². The maximum absolute atomic E-state index is 13.2. The average molecular weight is 266 g/mol. The van der Waals surface area contributed by atoms with Crippen LogP contribution in [0.3, 0.4) is 0 Å². The van der Waals surface area contributed by atoms with Crippen LogP contribution in [0.25, 0.3) is 0 Å². The van der Waals surface area contributed by atoms with Crippen LogP contribution >= 0.6 is 0 Å². The molecule has 0 unspecified atom stereocenters. The molecule has 1 saturated carbocycles. The minimum atomic E-state index is -0.575. The maximum Gasteiger partial charge on any atom is 0.125 e. The predicted octanol–water partition coefficient (Wildman–Crippen LogP) is 2.15. The number of nitrogens with one attached hydrogen (secondary N) is 1. The van der Waals surface area contributed by atoms with Crippen molar-refractivity contribution in [1.29, 1.82) is 0 Å². The van der Waals surface area contributed by atoms with Gasteiger partial charge in [0.1, 0.15) is 5.82 Å². The first-order valence-electron chi connectivity index (χ1n) is 6.89. The number of hydrogen-bond donors (Lipinski definition) is 2. The third-order valence-electron chi connectivity index (χ3n) is 4.15. The minimum Gasteiger partial charge on any atom is -0.389 e. The van der Waals surface area contributed by atoms with E-state index in [4.69, 9.17) is 0 Å². The number of nitrogens with zero attached hydrogens (tertiary/aromatic N) is 1. The molecule has 0 heterocycles. The van der Waals surface area contributed by atoms with Crippen LogP contribution in [0.15, 0.2) is 24.3 Å². The van der Waals surface area contributed by atoms with E-state index in [0.29, 0.717) is 12.6 Å². The van der Waals surface area contributed by atoms with Crippen LogP contribution in [0.4, 0.5) is 10.1 Å². The van der Waals surface area contributed by atoms with E-state index in [1.807, 2.05) is 20.2 Å². The molecule has 106 valence electrons. The summed E-state index contributed by atoms with van der Waals surface area (Å²) in [6.45, 7) is 0.642.